The van der Waals surface area contributed by atoms with Crippen molar-refractivity contribution in [3.05, 3.63) is 35.4 Å². The van der Waals surface area contributed by atoms with Crippen molar-refractivity contribution in [1.82, 2.24) is 10.2 Å². The van der Waals surface area contributed by atoms with Gasteiger partial charge in [0.25, 0.3) is 0 Å². The van der Waals surface area contributed by atoms with Gasteiger partial charge in [0.05, 0.1) is 19.8 Å². The molecule has 0 aromatic heterocycles. The number of carbonyl (C=O) groups excluding carboxylic acids is 1. The number of ether oxygens (including phenoxy) is 3. The summed E-state index contributed by atoms with van der Waals surface area (Å²) in [5.74, 6) is -0.439. The minimum absolute atomic E-state index is 0.0324. The van der Waals surface area contributed by atoms with E-state index in [9.17, 15) is 4.79 Å². The second kappa shape index (κ2) is 7.29. The standard InChI is InChI=1S/C17H24N2O4/c1-21-13-15-4-2-3-14(11-15)12-18-16(20)19-7-5-17(6-8-19)22-9-10-23-17/h2-4,11H,5-10,12-13H2,1H3,(H,18,20). The molecule has 0 saturated carbocycles. The Kier molecular flexibility index (Phi) is 5.15. The molecule has 126 valence electrons. The number of nitrogens with one attached hydrogen (secondary N) is 1. The maximum atomic E-state index is 12.3. The number of hydrogen-bond donors (Lipinski definition) is 1. The van der Waals surface area contributed by atoms with Crippen molar-refractivity contribution < 1.29 is 19.0 Å². The normalized spacial score (nSPS) is 20.0. The SMILES string of the molecule is COCc1cccc(CNC(=O)N2CCC3(CC2)OCCO3)c1. The van der Waals surface area contributed by atoms with Gasteiger partial charge in [0.2, 0.25) is 0 Å². The van der Waals surface area contributed by atoms with E-state index in [-0.39, 0.29) is 6.03 Å². The maximum absolute atomic E-state index is 12.3. The van der Waals surface area contributed by atoms with Gasteiger partial charge in [-0.1, -0.05) is 24.3 Å². The topological polar surface area (TPSA) is 60.0 Å². The van der Waals surface area contributed by atoms with E-state index in [1.807, 2.05) is 23.1 Å². The lowest BCUT2D eigenvalue weighted by Crippen LogP contribution is -2.50. The molecule has 2 amide bonds. The van der Waals surface area contributed by atoms with Crippen LogP contribution in [0.1, 0.15) is 24.0 Å². The highest BCUT2D eigenvalue weighted by molar-refractivity contribution is 5.74. The Morgan fingerprint density at radius 1 is 1.26 bits per heavy atom. The molecule has 23 heavy (non-hydrogen) atoms. The van der Waals surface area contributed by atoms with Crippen molar-refractivity contribution >= 4 is 6.03 Å². The molecule has 0 bridgehead atoms. The summed E-state index contributed by atoms with van der Waals surface area (Å²) < 4.78 is 16.5. The molecule has 0 radical (unpaired) electrons. The van der Waals surface area contributed by atoms with Crippen molar-refractivity contribution in [1.29, 1.82) is 0 Å². The van der Waals surface area contributed by atoms with Gasteiger partial charge in [0, 0.05) is 39.6 Å². The summed E-state index contributed by atoms with van der Waals surface area (Å²) in [4.78, 5) is 14.1. The summed E-state index contributed by atoms with van der Waals surface area (Å²) in [5.41, 5.74) is 2.18. The van der Waals surface area contributed by atoms with Gasteiger partial charge in [-0.3, -0.25) is 0 Å². The molecule has 1 aromatic carbocycles. The molecule has 3 rings (SSSR count). The molecule has 0 atom stereocenters. The van der Waals surface area contributed by atoms with Crippen LogP contribution in [0.15, 0.2) is 24.3 Å². The monoisotopic (exact) mass is 320 g/mol. The molecule has 2 saturated heterocycles. The number of nitrogens with zero attached hydrogens (tertiary/aromatic N) is 1. The first-order chi connectivity index (χ1) is 11.2. The summed E-state index contributed by atoms with van der Waals surface area (Å²) in [7, 11) is 1.68. The number of amides is 2. The Bertz CT molecular complexity index is 533. The van der Waals surface area contributed by atoms with Crippen LogP contribution in [0, 0.1) is 0 Å². The molecule has 1 N–H and O–H groups in total. The van der Waals surface area contributed by atoms with E-state index >= 15 is 0 Å². The Morgan fingerprint density at radius 3 is 2.65 bits per heavy atom. The minimum Gasteiger partial charge on any atom is -0.380 e. The van der Waals surface area contributed by atoms with Crippen LogP contribution in [0.3, 0.4) is 0 Å². The fourth-order valence-corrected chi connectivity index (χ4v) is 3.12. The van der Waals surface area contributed by atoms with Crippen LogP contribution in [0.5, 0.6) is 0 Å². The fraction of sp³-hybridized carbons (Fsp3) is 0.588. The molecular weight excluding hydrogens is 296 g/mol. The Labute approximate surface area is 136 Å². The van der Waals surface area contributed by atoms with Gasteiger partial charge in [-0.15, -0.1) is 0 Å². The lowest BCUT2D eigenvalue weighted by Gasteiger charge is -2.37. The summed E-state index contributed by atoms with van der Waals surface area (Å²) in [6, 6.07) is 8.02. The number of urea groups is 1. The van der Waals surface area contributed by atoms with E-state index in [0.29, 0.717) is 39.5 Å². The van der Waals surface area contributed by atoms with Gasteiger partial charge in [0.1, 0.15) is 0 Å². The molecule has 0 unspecified atom stereocenters. The van der Waals surface area contributed by atoms with E-state index in [4.69, 9.17) is 14.2 Å². The van der Waals surface area contributed by atoms with Crippen LogP contribution >= 0.6 is 0 Å². The number of hydrogen-bond acceptors (Lipinski definition) is 4. The largest absolute Gasteiger partial charge is 0.380 e. The van der Waals surface area contributed by atoms with Crippen molar-refractivity contribution in [2.24, 2.45) is 0 Å². The number of methoxy groups -OCH3 is 1. The smallest absolute Gasteiger partial charge is 0.317 e. The highest BCUT2D eigenvalue weighted by Crippen LogP contribution is 2.31. The summed E-state index contributed by atoms with van der Waals surface area (Å²) in [6.07, 6.45) is 1.48. The molecular formula is C17H24N2O4. The zero-order chi connectivity index (χ0) is 16.1. The average molecular weight is 320 g/mol. The predicted octanol–water partition coefficient (Wildman–Crippen LogP) is 1.88. The van der Waals surface area contributed by atoms with Crippen molar-refractivity contribution in [3.8, 4) is 0 Å². The van der Waals surface area contributed by atoms with E-state index in [1.54, 1.807) is 7.11 Å². The van der Waals surface area contributed by atoms with Gasteiger partial charge in [0.15, 0.2) is 5.79 Å². The van der Waals surface area contributed by atoms with Crippen LogP contribution < -0.4 is 5.32 Å². The molecule has 6 nitrogen and oxygen atoms in total. The number of benzene rings is 1. The zero-order valence-corrected chi connectivity index (χ0v) is 13.5. The lowest BCUT2D eigenvalue weighted by atomic mass is 10.0. The van der Waals surface area contributed by atoms with Gasteiger partial charge >= 0.3 is 6.03 Å². The number of carbonyl (C=O) groups is 1. The summed E-state index contributed by atoms with van der Waals surface area (Å²) in [6.45, 7) is 3.74. The van der Waals surface area contributed by atoms with Crippen LogP contribution in [-0.2, 0) is 27.4 Å². The molecule has 2 aliphatic heterocycles. The summed E-state index contributed by atoms with van der Waals surface area (Å²) >= 11 is 0. The molecule has 6 heteroatoms. The average Bonchev–Trinajstić information content (AvgIpc) is 3.02. The van der Waals surface area contributed by atoms with Crippen molar-refractivity contribution in [2.75, 3.05) is 33.4 Å². The van der Waals surface area contributed by atoms with Gasteiger partial charge in [-0.2, -0.15) is 0 Å². The third-order valence-corrected chi connectivity index (χ3v) is 4.37. The Balaban J connectivity index is 1.47. The Hall–Kier alpha value is -1.63. The van der Waals surface area contributed by atoms with Crippen LogP contribution in [0.25, 0.3) is 0 Å². The molecule has 0 aliphatic carbocycles. The zero-order valence-electron chi connectivity index (χ0n) is 13.5. The van der Waals surface area contributed by atoms with E-state index < -0.39 is 5.79 Å². The first-order valence-electron chi connectivity index (χ1n) is 8.08. The highest BCUT2D eigenvalue weighted by atomic mass is 16.7. The third kappa shape index (κ3) is 4.02. The second-order valence-electron chi connectivity index (χ2n) is 6.01. The molecule has 2 heterocycles. The number of rotatable bonds is 4. The number of likely N-dealkylation sites (tertiary alicyclic amines) is 1. The third-order valence-electron chi connectivity index (χ3n) is 4.37. The van der Waals surface area contributed by atoms with Crippen LogP contribution in [0.4, 0.5) is 4.79 Å². The van der Waals surface area contributed by atoms with Crippen molar-refractivity contribution in [3.63, 3.8) is 0 Å². The number of piperidine rings is 1. The highest BCUT2D eigenvalue weighted by Gasteiger charge is 2.40. The predicted molar refractivity (Wildman–Crippen MR) is 84.8 cm³/mol. The maximum Gasteiger partial charge on any atom is 0.317 e. The fourth-order valence-electron chi connectivity index (χ4n) is 3.12. The minimum atomic E-state index is -0.439. The van der Waals surface area contributed by atoms with E-state index in [0.717, 1.165) is 24.0 Å². The summed E-state index contributed by atoms with van der Waals surface area (Å²) in [5, 5.41) is 2.98. The van der Waals surface area contributed by atoms with E-state index in [1.165, 1.54) is 0 Å². The second-order valence-corrected chi connectivity index (χ2v) is 6.01. The van der Waals surface area contributed by atoms with Crippen molar-refractivity contribution in [2.45, 2.75) is 31.8 Å². The first kappa shape index (κ1) is 16.2. The first-order valence-corrected chi connectivity index (χ1v) is 8.08. The van der Waals surface area contributed by atoms with Gasteiger partial charge in [-0.25, -0.2) is 4.79 Å². The van der Waals surface area contributed by atoms with Gasteiger partial charge < -0.3 is 24.4 Å². The molecule has 1 spiro atoms. The molecule has 2 fully saturated rings. The lowest BCUT2D eigenvalue weighted by molar-refractivity contribution is -0.181. The molecule has 2 aliphatic rings. The quantitative estimate of drug-likeness (QED) is 0.920. The Morgan fingerprint density at radius 2 is 1.96 bits per heavy atom. The van der Waals surface area contributed by atoms with E-state index in [2.05, 4.69) is 11.4 Å². The van der Waals surface area contributed by atoms with Crippen LogP contribution in [-0.4, -0.2) is 50.1 Å². The molecule has 1 aromatic rings. The van der Waals surface area contributed by atoms with Crippen LogP contribution in [0.2, 0.25) is 0 Å². The van der Waals surface area contributed by atoms with Gasteiger partial charge in [-0.05, 0) is 11.1 Å².